The molecule has 0 nitrogen and oxygen atoms in total. The van der Waals surface area contributed by atoms with Gasteiger partial charge in [0.2, 0.25) is 0 Å². The SMILES string of the molecule is Cc1cc(C)c(-c2[c]c(-c3c(C)cc(C)cc3C)ccc2)c(C)c1.[I-].[I-].[Sb]. The van der Waals surface area contributed by atoms with Gasteiger partial charge >= 0.3 is 0 Å². The van der Waals surface area contributed by atoms with Crippen molar-refractivity contribution in [3.63, 3.8) is 0 Å². The number of benzene rings is 3. The van der Waals surface area contributed by atoms with Crippen molar-refractivity contribution in [2.75, 3.05) is 0 Å². The Morgan fingerprint density at radius 1 is 0.556 bits per heavy atom. The summed E-state index contributed by atoms with van der Waals surface area (Å²) in [6.07, 6.45) is 0. The van der Waals surface area contributed by atoms with Crippen molar-refractivity contribution in [2.45, 2.75) is 41.5 Å². The summed E-state index contributed by atoms with van der Waals surface area (Å²) >= 11 is 0. The summed E-state index contributed by atoms with van der Waals surface area (Å²) < 4.78 is 0. The number of rotatable bonds is 2. The maximum atomic E-state index is 3.68. The van der Waals surface area contributed by atoms with Crippen LogP contribution in [0.5, 0.6) is 0 Å². The molecule has 0 aliphatic carbocycles. The molecule has 4 radical (unpaired) electrons. The van der Waals surface area contributed by atoms with Crippen LogP contribution in [0.4, 0.5) is 0 Å². The Morgan fingerprint density at radius 3 is 1.15 bits per heavy atom. The molecule has 3 heteroatoms. The zero-order valence-electron chi connectivity index (χ0n) is 16.7. The van der Waals surface area contributed by atoms with Gasteiger partial charge in [0, 0.05) is 24.4 Å². The van der Waals surface area contributed by atoms with Gasteiger partial charge in [-0.25, -0.2) is 0 Å². The maximum absolute atomic E-state index is 3.68. The average Bonchev–Trinajstić information content (AvgIpc) is 2.45. The van der Waals surface area contributed by atoms with E-state index >= 15 is 0 Å². The number of hydrogen-bond donors (Lipinski definition) is 0. The van der Waals surface area contributed by atoms with Gasteiger partial charge in [-0.2, -0.15) is 0 Å². The Bertz CT molecular complexity index is 811. The molecule has 0 heterocycles. The minimum Gasteiger partial charge on any atom is -1.00 e. The second-order valence-corrected chi connectivity index (χ2v) is 7.03. The standard InChI is InChI=1S/C24H25.2HI.Sb/c1-15-10-17(3)23(18(4)11-15)21-8-7-9-22(14-21)24-19(5)12-16(2)13-20(24)6;;;/h7-13H,1-6H3;2*1H;/p-2. The molecule has 3 aromatic carbocycles. The van der Waals surface area contributed by atoms with Gasteiger partial charge in [-0.05, 0) is 92.1 Å². The van der Waals surface area contributed by atoms with E-state index in [9.17, 15) is 0 Å². The molecule has 27 heavy (non-hydrogen) atoms. The van der Waals surface area contributed by atoms with Crippen molar-refractivity contribution in [2.24, 2.45) is 0 Å². The molecule has 142 valence electrons. The molecular formula is C24H25I2Sb-2. The molecule has 3 rings (SSSR count). The number of halogens is 2. The van der Waals surface area contributed by atoms with Gasteiger partial charge in [0.05, 0.1) is 0 Å². The number of hydrogen-bond acceptors (Lipinski definition) is 0. The first-order valence-corrected chi connectivity index (χ1v) is 8.55. The van der Waals surface area contributed by atoms with Gasteiger partial charge < -0.3 is 48.0 Å². The Balaban J connectivity index is 0.00000225. The molecule has 0 amide bonds. The first-order valence-electron chi connectivity index (χ1n) is 8.55. The third kappa shape index (κ3) is 5.96. The molecule has 0 saturated heterocycles. The Hall–Kier alpha value is -0.0618. The summed E-state index contributed by atoms with van der Waals surface area (Å²) in [6, 6.07) is 19.2. The fourth-order valence-electron chi connectivity index (χ4n) is 3.97. The summed E-state index contributed by atoms with van der Waals surface area (Å²) in [5, 5.41) is 0. The van der Waals surface area contributed by atoms with Crippen molar-refractivity contribution in [3.05, 3.63) is 81.9 Å². The molecule has 0 bridgehead atoms. The van der Waals surface area contributed by atoms with Crippen LogP contribution in [0, 0.1) is 47.6 Å². The van der Waals surface area contributed by atoms with Crippen molar-refractivity contribution >= 4 is 24.4 Å². The zero-order valence-corrected chi connectivity index (χ0v) is 23.6. The zero-order chi connectivity index (χ0) is 17.4. The molecule has 0 saturated carbocycles. The quantitative estimate of drug-likeness (QED) is 0.269. The second kappa shape index (κ2) is 11.2. The third-order valence-electron chi connectivity index (χ3n) is 4.69. The van der Waals surface area contributed by atoms with Crippen molar-refractivity contribution in [3.8, 4) is 22.3 Å². The van der Waals surface area contributed by atoms with Gasteiger partial charge in [0.1, 0.15) is 0 Å². The molecular weight excluding hydrogens is 664 g/mol. The Morgan fingerprint density at radius 2 is 0.852 bits per heavy atom. The Labute approximate surface area is 216 Å². The molecule has 0 fully saturated rings. The minimum atomic E-state index is 0. The van der Waals surface area contributed by atoms with Crippen molar-refractivity contribution < 1.29 is 48.0 Å². The maximum Gasteiger partial charge on any atom is 0 e. The topological polar surface area (TPSA) is 0 Å². The minimum absolute atomic E-state index is 0. The molecule has 0 aliphatic rings. The van der Waals surface area contributed by atoms with Gasteiger partial charge in [-0.1, -0.05) is 53.6 Å². The van der Waals surface area contributed by atoms with E-state index in [1.165, 1.54) is 55.6 Å². The normalized spacial score (nSPS) is 9.70. The summed E-state index contributed by atoms with van der Waals surface area (Å²) in [4.78, 5) is 0. The van der Waals surface area contributed by atoms with E-state index in [2.05, 4.69) is 90.1 Å². The van der Waals surface area contributed by atoms with Crippen LogP contribution in [0.2, 0.25) is 0 Å². The average molecular weight is 689 g/mol. The van der Waals surface area contributed by atoms with E-state index in [-0.39, 0.29) is 72.4 Å². The first kappa shape index (κ1) is 26.9. The van der Waals surface area contributed by atoms with E-state index in [1.807, 2.05) is 0 Å². The summed E-state index contributed by atoms with van der Waals surface area (Å²) in [7, 11) is 0. The smallest absolute Gasteiger partial charge is 0 e. The second-order valence-electron chi connectivity index (χ2n) is 7.03. The van der Waals surface area contributed by atoms with E-state index in [4.69, 9.17) is 0 Å². The number of aryl methyl sites for hydroxylation is 6. The van der Waals surface area contributed by atoms with Crippen LogP contribution in [0.25, 0.3) is 22.3 Å². The fraction of sp³-hybridized carbons (Fsp3) is 0.250. The predicted octanol–water partition coefficient (Wildman–Crippen LogP) is 0.299. The van der Waals surface area contributed by atoms with E-state index < -0.39 is 0 Å². The van der Waals surface area contributed by atoms with E-state index in [1.54, 1.807) is 0 Å². The van der Waals surface area contributed by atoms with Gasteiger partial charge in [0.25, 0.3) is 0 Å². The van der Waals surface area contributed by atoms with E-state index in [0.29, 0.717) is 0 Å². The van der Waals surface area contributed by atoms with Gasteiger partial charge in [-0.3, -0.25) is 0 Å². The van der Waals surface area contributed by atoms with Crippen LogP contribution in [0.3, 0.4) is 0 Å². The van der Waals surface area contributed by atoms with E-state index in [0.717, 1.165) is 0 Å². The predicted molar refractivity (Wildman–Crippen MR) is 110 cm³/mol. The van der Waals surface area contributed by atoms with Crippen LogP contribution in [0.1, 0.15) is 33.4 Å². The molecule has 0 aromatic heterocycles. The summed E-state index contributed by atoms with van der Waals surface area (Å²) in [5.41, 5.74) is 12.9. The molecule has 0 unspecified atom stereocenters. The van der Waals surface area contributed by atoms with Crippen LogP contribution in [-0.4, -0.2) is 24.4 Å². The van der Waals surface area contributed by atoms with Crippen molar-refractivity contribution in [1.29, 1.82) is 0 Å². The van der Waals surface area contributed by atoms with Gasteiger partial charge in [-0.15, -0.1) is 0 Å². The summed E-state index contributed by atoms with van der Waals surface area (Å²) in [5.74, 6) is 0. The molecule has 0 atom stereocenters. The van der Waals surface area contributed by atoms with Crippen molar-refractivity contribution in [1.82, 2.24) is 0 Å². The van der Waals surface area contributed by atoms with Crippen LogP contribution in [0.15, 0.2) is 42.5 Å². The molecule has 3 aromatic rings. The van der Waals surface area contributed by atoms with Gasteiger partial charge in [0.15, 0.2) is 0 Å². The van der Waals surface area contributed by atoms with Crippen LogP contribution >= 0.6 is 0 Å². The molecule has 0 spiro atoms. The molecule has 0 aliphatic heterocycles. The Kier molecular flexibility index (Phi) is 11.2. The monoisotopic (exact) mass is 688 g/mol. The third-order valence-corrected chi connectivity index (χ3v) is 4.69. The van der Waals surface area contributed by atoms with Crippen LogP contribution in [-0.2, 0) is 0 Å². The fourth-order valence-corrected chi connectivity index (χ4v) is 3.97. The first-order chi connectivity index (χ1) is 11.4. The largest absolute Gasteiger partial charge is 1.00 e. The summed E-state index contributed by atoms with van der Waals surface area (Å²) in [6.45, 7) is 13.1. The molecule has 0 N–H and O–H groups in total. The van der Waals surface area contributed by atoms with Crippen LogP contribution < -0.4 is 48.0 Å².